The molecule has 2 rings (SSSR count). The first-order valence-corrected chi connectivity index (χ1v) is 7.78. The Morgan fingerprint density at radius 3 is 2.41 bits per heavy atom. The highest BCUT2D eigenvalue weighted by Gasteiger charge is 2.15. The van der Waals surface area contributed by atoms with Crippen LogP contribution in [0, 0.1) is 12.8 Å². The molecule has 3 heteroatoms. The molecule has 1 N–H and O–H groups in total. The van der Waals surface area contributed by atoms with Gasteiger partial charge < -0.3 is 5.32 Å². The number of rotatable bonds is 5. The minimum absolute atomic E-state index is 0.0327. The van der Waals surface area contributed by atoms with Gasteiger partial charge in [0.05, 0.1) is 5.92 Å². The summed E-state index contributed by atoms with van der Waals surface area (Å²) in [4.78, 5) is 16.5. The van der Waals surface area contributed by atoms with E-state index in [1.807, 2.05) is 38.1 Å². The molecule has 116 valence electrons. The second kappa shape index (κ2) is 7.21. The van der Waals surface area contributed by atoms with Crippen molar-refractivity contribution in [3.05, 3.63) is 59.3 Å². The number of pyridine rings is 1. The molecule has 0 aliphatic rings. The maximum absolute atomic E-state index is 12.3. The minimum Gasteiger partial charge on any atom is -0.310 e. The fourth-order valence-electron chi connectivity index (χ4n) is 2.40. The van der Waals surface area contributed by atoms with Gasteiger partial charge in [0, 0.05) is 6.20 Å². The average molecular weight is 296 g/mol. The summed E-state index contributed by atoms with van der Waals surface area (Å²) in [6.45, 7) is 8.31. The zero-order chi connectivity index (χ0) is 16.1. The molecule has 0 aliphatic carbocycles. The van der Waals surface area contributed by atoms with Crippen molar-refractivity contribution in [3.8, 4) is 0 Å². The third-order valence-electron chi connectivity index (χ3n) is 3.68. The van der Waals surface area contributed by atoms with Crippen molar-refractivity contribution in [1.82, 2.24) is 4.98 Å². The van der Waals surface area contributed by atoms with Crippen LogP contribution in [0.5, 0.6) is 0 Å². The number of anilines is 1. The highest BCUT2D eigenvalue weighted by atomic mass is 16.1. The summed E-state index contributed by atoms with van der Waals surface area (Å²) in [6, 6.07) is 12.1. The van der Waals surface area contributed by atoms with E-state index < -0.39 is 0 Å². The molecule has 0 saturated heterocycles. The predicted octanol–water partition coefficient (Wildman–Crippen LogP) is 4.33. The third kappa shape index (κ3) is 4.42. The molecule has 22 heavy (non-hydrogen) atoms. The molecule has 1 atom stereocenters. The molecule has 0 saturated carbocycles. The summed E-state index contributed by atoms with van der Waals surface area (Å²) >= 11 is 0. The maximum Gasteiger partial charge on any atom is 0.232 e. The largest absolute Gasteiger partial charge is 0.310 e. The lowest BCUT2D eigenvalue weighted by molar-refractivity contribution is -0.117. The van der Waals surface area contributed by atoms with Gasteiger partial charge in [0.2, 0.25) is 5.91 Å². The van der Waals surface area contributed by atoms with Gasteiger partial charge in [0.15, 0.2) is 0 Å². The highest BCUT2D eigenvalue weighted by molar-refractivity contribution is 5.94. The van der Waals surface area contributed by atoms with E-state index in [1.54, 1.807) is 6.20 Å². The predicted molar refractivity (Wildman–Crippen MR) is 91.0 cm³/mol. The molecule has 1 heterocycles. The quantitative estimate of drug-likeness (QED) is 0.892. The summed E-state index contributed by atoms with van der Waals surface area (Å²) in [6.07, 6.45) is 2.77. The number of aromatic nitrogens is 1. The second-order valence-corrected chi connectivity index (χ2v) is 6.27. The molecule has 1 aromatic heterocycles. The fourth-order valence-corrected chi connectivity index (χ4v) is 2.40. The molecule has 0 fully saturated rings. The Balaban J connectivity index is 2.03. The van der Waals surface area contributed by atoms with Crippen molar-refractivity contribution in [1.29, 1.82) is 0 Å². The van der Waals surface area contributed by atoms with Gasteiger partial charge in [-0.1, -0.05) is 38.1 Å². The van der Waals surface area contributed by atoms with E-state index in [-0.39, 0.29) is 11.8 Å². The lowest BCUT2D eigenvalue weighted by Crippen LogP contribution is -2.19. The van der Waals surface area contributed by atoms with E-state index in [2.05, 4.69) is 36.3 Å². The smallest absolute Gasteiger partial charge is 0.232 e. The monoisotopic (exact) mass is 296 g/mol. The third-order valence-corrected chi connectivity index (χ3v) is 3.68. The van der Waals surface area contributed by atoms with Crippen LogP contribution in [0.1, 0.15) is 43.4 Å². The molecule has 0 radical (unpaired) electrons. The normalized spacial score (nSPS) is 12.2. The molecule has 0 aliphatic heterocycles. The number of hydrogen-bond acceptors (Lipinski definition) is 2. The van der Waals surface area contributed by atoms with Crippen LogP contribution in [-0.4, -0.2) is 10.9 Å². The number of carbonyl (C=O) groups excluding carboxylic acids is 1. The van der Waals surface area contributed by atoms with Crippen molar-refractivity contribution in [2.24, 2.45) is 5.92 Å². The molecule has 1 unspecified atom stereocenters. The topological polar surface area (TPSA) is 42.0 Å². The number of carbonyl (C=O) groups is 1. The second-order valence-electron chi connectivity index (χ2n) is 6.27. The zero-order valence-corrected chi connectivity index (χ0v) is 13.8. The average Bonchev–Trinajstić information content (AvgIpc) is 2.46. The Morgan fingerprint density at radius 1 is 1.14 bits per heavy atom. The Labute approximate surface area is 132 Å². The molecule has 1 amide bonds. The van der Waals surface area contributed by atoms with E-state index in [4.69, 9.17) is 0 Å². The number of nitrogens with zero attached hydrogens (tertiary/aromatic N) is 1. The number of aryl methyl sites for hydroxylation is 1. The van der Waals surface area contributed by atoms with Crippen molar-refractivity contribution < 1.29 is 4.79 Å². The van der Waals surface area contributed by atoms with Gasteiger partial charge >= 0.3 is 0 Å². The standard InChI is InChI=1S/C19H24N2O/c1-13(2)11-16-5-7-17(8-6-16)15(4)19(22)21-18-12-14(3)9-10-20-18/h5-10,12-13,15H,11H2,1-4H3,(H,20,21,22). The molecule has 0 bridgehead atoms. The van der Waals surface area contributed by atoms with Crippen LogP contribution in [0.25, 0.3) is 0 Å². The highest BCUT2D eigenvalue weighted by Crippen LogP contribution is 2.19. The molecular weight excluding hydrogens is 272 g/mol. The van der Waals surface area contributed by atoms with Gasteiger partial charge in [0.25, 0.3) is 0 Å². The molecular formula is C19H24N2O. The van der Waals surface area contributed by atoms with Crippen molar-refractivity contribution in [2.75, 3.05) is 5.32 Å². The summed E-state index contributed by atoms with van der Waals surface area (Å²) in [7, 11) is 0. The zero-order valence-electron chi connectivity index (χ0n) is 13.8. The van der Waals surface area contributed by atoms with Gasteiger partial charge in [0.1, 0.15) is 5.82 Å². The summed E-state index contributed by atoms with van der Waals surface area (Å²) in [5, 5.41) is 2.88. The van der Waals surface area contributed by atoms with E-state index in [9.17, 15) is 4.79 Å². The van der Waals surface area contributed by atoms with Gasteiger partial charge in [-0.15, -0.1) is 0 Å². The molecule has 2 aromatic rings. The van der Waals surface area contributed by atoms with Crippen LogP contribution in [0.4, 0.5) is 5.82 Å². The first kappa shape index (κ1) is 16.2. The molecule has 3 nitrogen and oxygen atoms in total. The molecule has 0 spiro atoms. The SMILES string of the molecule is Cc1ccnc(NC(=O)C(C)c2ccc(CC(C)C)cc2)c1. The van der Waals surface area contributed by atoms with Gasteiger partial charge in [-0.2, -0.15) is 0 Å². The Kier molecular flexibility index (Phi) is 5.31. The van der Waals surface area contributed by atoms with Crippen LogP contribution in [-0.2, 0) is 11.2 Å². The van der Waals surface area contributed by atoms with E-state index in [0.29, 0.717) is 11.7 Å². The van der Waals surface area contributed by atoms with Gasteiger partial charge in [-0.3, -0.25) is 4.79 Å². The van der Waals surface area contributed by atoms with E-state index >= 15 is 0 Å². The van der Waals surface area contributed by atoms with Crippen molar-refractivity contribution >= 4 is 11.7 Å². The number of amides is 1. The summed E-state index contributed by atoms with van der Waals surface area (Å²) in [5.41, 5.74) is 3.42. The number of hydrogen-bond donors (Lipinski definition) is 1. The summed E-state index contributed by atoms with van der Waals surface area (Å²) in [5.74, 6) is 1.01. The fraction of sp³-hybridized carbons (Fsp3) is 0.368. The first-order chi connectivity index (χ1) is 10.5. The maximum atomic E-state index is 12.3. The van der Waals surface area contributed by atoms with Crippen LogP contribution in [0.15, 0.2) is 42.6 Å². The van der Waals surface area contributed by atoms with Crippen LogP contribution in [0.2, 0.25) is 0 Å². The van der Waals surface area contributed by atoms with Gasteiger partial charge in [-0.05, 0) is 55.0 Å². The van der Waals surface area contributed by atoms with Crippen molar-refractivity contribution in [3.63, 3.8) is 0 Å². The first-order valence-electron chi connectivity index (χ1n) is 7.78. The van der Waals surface area contributed by atoms with Crippen LogP contribution in [0.3, 0.4) is 0 Å². The van der Waals surface area contributed by atoms with Crippen molar-refractivity contribution in [2.45, 2.75) is 40.0 Å². The van der Waals surface area contributed by atoms with E-state index in [0.717, 1.165) is 17.5 Å². The van der Waals surface area contributed by atoms with Crippen LogP contribution >= 0.6 is 0 Å². The number of nitrogens with one attached hydrogen (secondary N) is 1. The summed E-state index contributed by atoms with van der Waals surface area (Å²) < 4.78 is 0. The van der Waals surface area contributed by atoms with E-state index in [1.165, 1.54) is 5.56 Å². The Bertz CT molecular complexity index is 632. The van der Waals surface area contributed by atoms with Gasteiger partial charge in [-0.25, -0.2) is 4.98 Å². The van der Waals surface area contributed by atoms with Crippen LogP contribution < -0.4 is 5.32 Å². The minimum atomic E-state index is -0.199. The Hall–Kier alpha value is -2.16. The Morgan fingerprint density at radius 2 is 1.82 bits per heavy atom. The molecule has 1 aromatic carbocycles. The lowest BCUT2D eigenvalue weighted by atomic mass is 9.96. The lowest BCUT2D eigenvalue weighted by Gasteiger charge is -2.13. The number of benzene rings is 1.